The number of esters is 1. The Labute approximate surface area is 100 Å². The maximum absolute atomic E-state index is 11.8. The summed E-state index contributed by atoms with van der Waals surface area (Å²) in [7, 11) is 0. The summed E-state index contributed by atoms with van der Waals surface area (Å²) in [5, 5.41) is 0. The van der Waals surface area contributed by atoms with Crippen molar-refractivity contribution in [3.63, 3.8) is 0 Å². The van der Waals surface area contributed by atoms with Gasteiger partial charge in [0, 0.05) is 0 Å². The number of ketones is 1. The molecule has 0 amide bonds. The first-order valence-corrected chi connectivity index (χ1v) is 5.50. The minimum atomic E-state index is -0.662. The van der Waals surface area contributed by atoms with Crippen LogP contribution in [-0.4, -0.2) is 17.9 Å². The largest absolute Gasteiger partial charge is 0.453 e. The molecule has 17 heavy (non-hydrogen) atoms. The lowest BCUT2D eigenvalue weighted by atomic mass is 9.87. The Bertz CT molecular complexity index is 472. The molecule has 0 saturated heterocycles. The molecule has 0 fully saturated rings. The van der Waals surface area contributed by atoms with Crippen molar-refractivity contribution in [1.82, 2.24) is 0 Å². The van der Waals surface area contributed by atoms with E-state index in [2.05, 4.69) is 0 Å². The molecular weight excluding hydrogens is 216 g/mol. The third-order valence-electron chi connectivity index (χ3n) is 3.01. The summed E-state index contributed by atoms with van der Waals surface area (Å²) in [5.74, 6) is -0.411. The summed E-state index contributed by atoms with van der Waals surface area (Å²) in [4.78, 5) is 23.4. The van der Waals surface area contributed by atoms with Crippen LogP contribution in [0.5, 0.6) is 0 Å². The third kappa shape index (κ3) is 2.13. The van der Waals surface area contributed by atoms with E-state index >= 15 is 0 Å². The van der Waals surface area contributed by atoms with Gasteiger partial charge in [-0.2, -0.15) is 0 Å². The smallest absolute Gasteiger partial charge is 0.338 e. The van der Waals surface area contributed by atoms with E-state index in [0.29, 0.717) is 5.56 Å². The van der Waals surface area contributed by atoms with Crippen molar-refractivity contribution in [2.75, 3.05) is 0 Å². The van der Waals surface area contributed by atoms with Crippen molar-refractivity contribution in [1.29, 1.82) is 0 Å². The Hall–Kier alpha value is -1.90. The van der Waals surface area contributed by atoms with Crippen LogP contribution < -0.4 is 0 Å². The second kappa shape index (κ2) is 4.17. The molecule has 1 atom stereocenters. The van der Waals surface area contributed by atoms with Gasteiger partial charge >= 0.3 is 5.97 Å². The first-order chi connectivity index (χ1) is 8.01. The van der Waals surface area contributed by atoms with E-state index < -0.39 is 17.5 Å². The molecule has 1 aromatic rings. The molecule has 0 heterocycles. The lowest BCUT2D eigenvalue weighted by Gasteiger charge is -2.24. The van der Waals surface area contributed by atoms with Crippen LogP contribution in [0.3, 0.4) is 0 Å². The molecule has 1 aromatic carbocycles. The highest BCUT2D eigenvalue weighted by Crippen LogP contribution is 2.31. The highest BCUT2D eigenvalue weighted by atomic mass is 16.5. The average molecular weight is 230 g/mol. The zero-order chi connectivity index (χ0) is 12.5. The molecule has 0 saturated carbocycles. The molecule has 3 heteroatoms. The molecule has 2 rings (SSSR count). The number of ether oxygens (including phenoxy) is 1. The zero-order valence-corrected chi connectivity index (χ0v) is 9.84. The van der Waals surface area contributed by atoms with Crippen LogP contribution in [0.4, 0.5) is 0 Å². The van der Waals surface area contributed by atoms with E-state index in [0.717, 1.165) is 0 Å². The fraction of sp³-hybridized carbons (Fsp3) is 0.286. The number of hydrogen-bond donors (Lipinski definition) is 0. The number of benzene rings is 1. The molecule has 1 aliphatic carbocycles. The van der Waals surface area contributed by atoms with E-state index in [1.165, 1.54) is 6.08 Å². The number of carbonyl (C=O) groups is 2. The van der Waals surface area contributed by atoms with Crippen LogP contribution in [0.1, 0.15) is 24.2 Å². The van der Waals surface area contributed by atoms with Crippen LogP contribution in [0, 0.1) is 5.41 Å². The van der Waals surface area contributed by atoms with Crippen LogP contribution >= 0.6 is 0 Å². The minimum Gasteiger partial charge on any atom is -0.453 e. The summed E-state index contributed by atoms with van der Waals surface area (Å²) >= 11 is 0. The first-order valence-electron chi connectivity index (χ1n) is 5.50. The highest BCUT2D eigenvalue weighted by Gasteiger charge is 2.40. The van der Waals surface area contributed by atoms with Gasteiger partial charge in [0.1, 0.15) is 6.10 Å². The number of rotatable bonds is 2. The Kier molecular flexibility index (Phi) is 2.84. The molecule has 0 aromatic heterocycles. The van der Waals surface area contributed by atoms with Gasteiger partial charge < -0.3 is 4.74 Å². The molecule has 1 aliphatic rings. The Morgan fingerprint density at radius 1 is 1.24 bits per heavy atom. The summed E-state index contributed by atoms with van der Waals surface area (Å²) in [6.45, 7) is 3.55. The second-order valence-corrected chi connectivity index (χ2v) is 4.64. The molecule has 0 bridgehead atoms. The van der Waals surface area contributed by atoms with Crippen LogP contribution in [-0.2, 0) is 9.53 Å². The van der Waals surface area contributed by atoms with E-state index in [-0.39, 0.29) is 5.78 Å². The fourth-order valence-electron chi connectivity index (χ4n) is 1.71. The topological polar surface area (TPSA) is 43.4 Å². The molecule has 0 unspecified atom stereocenters. The SMILES string of the molecule is CC1(C)C(=O)C=C[C@@H]1OC(=O)c1ccccc1. The molecule has 0 aliphatic heterocycles. The monoisotopic (exact) mass is 230 g/mol. The fourth-order valence-corrected chi connectivity index (χ4v) is 1.71. The maximum atomic E-state index is 11.8. The Balaban J connectivity index is 2.11. The van der Waals surface area contributed by atoms with Crippen LogP contribution in [0.15, 0.2) is 42.5 Å². The lowest BCUT2D eigenvalue weighted by molar-refractivity contribution is -0.124. The zero-order valence-electron chi connectivity index (χ0n) is 9.84. The minimum absolute atomic E-state index is 0.0108. The average Bonchev–Trinajstić information content (AvgIpc) is 2.57. The van der Waals surface area contributed by atoms with Gasteiger partial charge in [-0.3, -0.25) is 4.79 Å². The van der Waals surface area contributed by atoms with Crippen molar-refractivity contribution in [2.45, 2.75) is 20.0 Å². The van der Waals surface area contributed by atoms with Crippen molar-refractivity contribution < 1.29 is 14.3 Å². The molecule has 0 N–H and O–H groups in total. The van der Waals surface area contributed by atoms with Crippen LogP contribution in [0.2, 0.25) is 0 Å². The summed E-state index contributed by atoms with van der Waals surface area (Å²) in [5.41, 5.74) is -0.166. The van der Waals surface area contributed by atoms with E-state index in [9.17, 15) is 9.59 Å². The van der Waals surface area contributed by atoms with Gasteiger partial charge in [-0.05, 0) is 38.1 Å². The predicted molar refractivity (Wildman–Crippen MR) is 63.6 cm³/mol. The van der Waals surface area contributed by atoms with Crippen molar-refractivity contribution in [2.24, 2.45) is 5.41 Å². The lowest BCUT2D eigenvalue weighted by Crippen LogP contribution is -2.34. The number of carbonyl (C=O) groups excluding carboxylic acids is 2. The second-order valence-electron chi connectivity index (χ2n) is 4.64. The van der Waals surface area contributed by atoms with Gasteiger partial charge in [0.05, 0.1) is 11.0 Å². The Morgan fingerprint density at radius 3 is 2.41 bits per heavy atom. The van der Waals surface area contributed by atoms with Gasteiger partial charge in [-0.1, -0.05) is 18.2 Å². The van der Waals surface area contributed by atoms with Crippen molar-refractivity contribution in [3.05, 3.63) is 48.0 Å². The van der Waals surface area contributed by atoms with Crippen molar-refractivity contribution in [3.8, 4) is 0 Å². The van der Waals surface area contributed by atoms with Gasteiger partial charge in [-0.15, -0.1) is 0 Å². The molecule has 0 spiro atoms. The van der Waals surface area contributed by atoms with E-state index in [4.69, 9.17) is 4.74 Å². The third-order valence-corrected chi connectivity index (χ3v) is 3.01. The molecule has 3 nitrogen and oxygen atoms in total. The number of hydrogen-bond acceptors (Lipinski definition) is 3. The normalized spacial score (nSPS) is 21.5. The Morgan fingerprint density at radius 2 is 1.88 bits per heavy atom. The maximum Gasteiger partial charge on any atom is 0.338 e. The van der Waals surface area contributed by atoms with Crippen LogP contribution in [0.25, 0.3) is 0 Å². The molecular formula is C14H14O3. The van der Waals surface area contributed by atoms with Gasteiger partial charge in [0.25, 0.3) is 0 Å². The van der Waals surface area contributed by atoms with Gasteiger partial charge in [0.15, 0.2) is 5.78 Å². The van der Waals surface area contributed by atoms with Gasteiger partial charge in [-0.25, -0.2) is 4.79 Å². The van der Waals surface area contributed by atoms with E-state index in [1.807, 2.05) is 6.07 Å². The summed E-state index contributed by atoms with van der Waals surface area (Å²) < 4.78 is 5.34. The quantitative estimate of drug-likeness (QED) is 0.732. The molecule has 88 valence electrons. The predicted octanol–water partition coefficient (Wildman–Crippen LogP) is 2.38. The summed E-state index contributed by atoms with van der Waals surface area (Å²) in [6, 6.07) is 8.76. The highest BCUT2D eigenvalue weighted by molar-refractivity contribution is 5.98. The number of allylic oxidation sites excluding steroid dienone is 1. The van der Waals surface area contributed by atoms with Gasteiger partial charge in [0.2, 0.25) is 0 Å². The summed E-state index contributed by atoms with van der Waals surface area (Å²) in [6.07, 6.45) is 2.63. The molecule has 0 radical (unpaired) electrons. The van der Waals surface area contributed by atoms with E-state index in [1.54, 1.807) is 44.2 Å². The van der Waals surface area contributed by atoms with Crippen molar-refractivity contribution >= 4 is 11.8 Å². The standard InChI is InChI=1S/C14H14O3/c1-14(2)11(15)8-9-12(14)17-13(16)10-6-4-3-5-7-10/h3-9,12H,1-2H3/t12-/m0/s1. The first kappa shape index (κ1) is 11.6.